The van der Waals surface area contributed by atoms with Gasteiger partial charge in [-0.3, -0.25) is 0 Å². The molecular weight excluding hydrogens is 814 g/mol. The quantitative estimate of drug-likeness (QED) is 0.114. The minimum absolute atomic E-state index is 0.0251. The van der Waals surface area contributed by atoms with Crippen LogP contribution in [0.1, 0.15) is 71.6 Å². The summed E-state index contributed by atoms with van der Waals surface area (Å²) >= 11 is 6.45. The summed E-state index contributed by atoms with van der Waals surface area (Å²) in [5.74, 6) is 1.21. The number of fused-ring (bicyclic) bond motifs is 3. The van der Waals surface area contributed by atoms with Crippen molar-refractivity contribution >= 4 is 33.5 Å². The normalized spacial score (nSPS) is 23.1. The number of aliphatic hydroxyl groups excluding tert-OH is 1. The van der Waals surface area contributed by atoms with Crippen LogP contribution in [0.2, 0.25) is 5.02 Å². The summed E-state index contributed by atoms with van der Waals surface area (Å²) in [5.41, 5.74) is 5.78. The Labute approximate surface area is 364 Å². The maximum atomic E-state index is 14.4. The molecule has 2 N–H and O–H groups in total. The average molecular weight is 871 g/mol. The second-order valence-corrected chi connectivity index (χ2v) is 19.8. The third-order valence-electron chi connectivity index (χ3n) is 13.8. The number of benzene rings is 4. The molecule has 0 aromatic heterocycles. The number of hydrogen-bond donors (Lipinski definition) is 2. The van der Waals surface area contributed by atoms with Gasteiger partial charge in [-0.1, -0.05) is 48.0 Å². The molecule has 3 aliphatic carbocycles. The van der Waals surface area contributed by atoms with Gasteiger partial charge in [-0.25, -0.2) is 4.79 Å². The molecule has 1 aliphatic heterocycles. The van der Waals surface area contributed by atoms with Gasteiger partial charge in [0.25, 0.3) is 10.2 Å². The van der Waals surface area contributed by atoms with Crippen molar-refractivity contribution in [3.63, 3.8) is 0 Å². The molecule has 324 valence electrons. The third-order valence-corrected chi connectivity index (χ3v) is 16.0. The number of halogens is 1. The Morgan fingerprint density at radius 3 is 2.21 bits per heavy atom. The summed E-state index contributed by atoms with van der Waals surface area (Å²) in [6.07, 6.45) is 6.73. The van der Waals surface area contributed by atoms with Crippen molar-refractivity contribution in [3.8, 4) is 17.2 Å². The molecule has 3 unspecified atom stereocenters. The Morgan fingerprint density at radius 2 is 1.62 bits per heavy atom. The minimum Gasteiger partial charge on any atom is -0.497 e. The Kier molecular flexibility index (Phi) is 12.5. The summed E-state index contributed by atoms with van der Waals surface area (Å²) in [4.78, 5) is 14.5. The summed E-state index contributed by atoms with van der Waals surface area (Å²) in [6, 6.07) is 25.7. The smallest absolute Gasteiger partial charge is 0.335 e. The van der Waals surface area contributed by atoms with E-state index in [1.165, 1.54) is 19.7 Å². The first-order valence-electron chi connectivity index (χ1n) is 21.2. The molecule has 13 heteroatoms. The minimum atomic E-state index is -3.94. The predicted octanol–water partition coefficient (Wildman–Crippen LogP) is 8.13. The van der Waals surface area contributed by atoms with E-state index in [4.69, 9.17) is 25.8 Å². The van der Waals surface area contributed by atoms with E-state index in [0.29, 0.717) is 43.4 Å². The molecular formula is C48H56ClN3O8S. The molecule has 1 heterocycles. The lowest BCUT2D eigenvalue weighted by atomic mass is 9.65. The summed E-state index contributed by atoms with van der Waals surface area (Å²) in [7, 11) is 0.906. The second kappa shape index (κ2) is 17.6. The molecule has 0 radical (unpaired) electrons. The SMILES string of the molecule is COc1ccc(CN(Cc2ccc(OC)cc2)S(=O)(=O)N(C)C(C)C2C=C(C(O)[C@@H]3CC[C@H]3CN3C[C@@]4(CCCc5cc(Cl)ccc54)COc4ccc(C(=O)O)cc43)C2)cc1. The largest absolute Gasteiger partial charge is 0.497 e. The number of methoxy groups -OCH3 is 2. The van der Waals surface area contributed by atoms with Gasteiger partial charge in [0.2, 0.25) is 0 Å². The predicted molar refractivity (Wildman–Crippen MR) is 237 cm³/mol. The summed E-state index contributed by atoms with van der Waals surface area (Å²) < 4.78 is 49.0. The zero-order valence-corrected chi connectivity index (χ0v) is 36.9. The fraction of sp³-hybridized carbons (Fsp3) is 0.438. The Morgan fingerprint density at radius 1 is 0.967 bits per heavy atom. The van der Waals surface area contributed by atoms with E-state index in [1.54, 1.807) is 39.5 Å². The van der Waals surface area contributed by atoms with Crippen LogP contribution in [0.5, 0.6) is 17.2 Å². The fourth-order valence-electron chi connectivity index (χ4n) is 9.84. The van der Waals surface area contributed by atoms with Crippen molar-refractivity contribution in [2.24, 2.45) is 17.8 Å². The number of aliphatic hydroxyl groups is 1. The lowest BCUT2D eigenvalue weighted by Gasteiger charge is -2.47. The van der Waals surface area contributed by atoms with Crippen LogP contribution in [0, 0.1) is 17.8 Å². The first-order chi connectivity index (χ1) is 29.3. The molecule has 4 aromatic rings. The highest BCUT2D eigenvalue weighted by Gasteiger charge is 2.46. The Hall–Kier alpha value is -4.59. The Bertz CT molecular complexity index is 2330. The fourth-order valence-corrected chi connectivity index (χ4v) is 11.6. The van der Waals surface area contributed by atoms with Crippen LogP contribution in [0.4, 0.5) is 5.69 Å². The van der Waals surface area contributed by atoms with E-state index in [-0.39, 0.29) is 47.9 Å². The number of ether oxygens (including phenoxy) is 3. The van der Waals surface area contributed by atoms with Crippen molar-refractivity contribution in [1.29, 1.82) is 0 Å². The van der Waals surface area contributed by atoms with Crippen molar-refractivity contribution in [3.05, 3.63) is 129 Å². The number of aryl methyl sites for hydroxylation is 1. The van der Waals surface area contributed by atoms with E-state index in [9.17, 15) is 23.4 Å². The monoisotopic (exact) mass is 869 g/mol. The van der Waals surface area contributed by atoms with Gasteiger partial charge in [-0.15, -0.1) is 0 Å². The van der Waals surface area contributed by atoms with E-state index < -0.39 is 22.3 Å². The lowest BCUT2D eigenvalue weighted by molar-refractivity contribution is 0.0308. The lowest BCUT2D eigenvalue weighted by Crippen LogP contribution is -2.51. The molecule has 0 saturated heterocycles. The van der Waals surface area contributed by atoms with Gasteiger partial charge < -0.3 is 29.3 Å². The van der Waals surface area contributed by atoms with Crippen LogP contribution in [-0.4, -0.2) is 86.3 Å². The van der Waals surface area contributed by atoms with Crippen LogP contribution >= 0.6 is 11.6 Å². The number of carboxylic acids is 1. The molecule has 6 atom stereocenters. The Balaban J connectivity index is 0.977. The van der Waals surface area contributed by atoms with Crippen LogP contribution < -0.4 is 19.1 Å². The second-order valence-electron chi connectivity index (χ2n) is 17.4. The van der Waals surface area contributed by atoms with Crippen LogP contribution in [0.3, 0.4) is 0 Å². The van der Waals surface area contributed by atoms with Gasteiger partial charge in [-0.2, -0.15) is 17.0 Å². The van der Waals surface area contributed by atoms with Gasteiger partial charge in [0.05, 0.1) is 38.2 Å². The van der Waals surface area contributed by atoms with Crippen molar-refractivity contribution in [2.75, 3.05) is 45.9 Å². The van der Waals surface area contributed by atoms with Gasteiger partial charge >= 0.3 is 5.97 Å². The van der Waals surface area contributed by atoms with E-state index >= 15 is 0 Å². The number of nitrogens with zero attached hydrogens (tertiary/aromatic N) is 3. The maximum Gasteiger partial charge on any atom is 0.335 e. The van der Waals surface area contributed by atoms with Gasteiger partial charge in [0, 0.05) is 49.7 Å². The average Bonchev–Trinajstić information content (AvgIpc) is 3.38. The first kappa shape index (κ1) is 43.1. The molecule has 0 bridgehead atoms. The molecule has 1 spiro atoms. The highest BCUT2D eigenvalue weighted by atomic mass is 35.5. The van der Waals surface area contributed by atoms with Gasteiger partial charge in [0.1, 0.15) is 17.2 Å². The van der Waals surface area contributed by atoms with Crippen molar-refractivity contribution < 1.29 is 37.6 Å². The van der Waals surface area contributed by atoms with E-state index in [1.807, 2.05) is 61.5 Å². The van der Waals surface area contributed by atoms with E-state index in [0.717, 1.165) is 59.5 Å². The topological polar surface area (TPSA) is 129 Å². The molecule has 11 nitrogen and oxygen atoms in total. The number of hydrogen-bond acceptors (Lipinski definition) is 8. The number of carboxylic acid groups (broad SMARTS) is 1. The summed E-state index contributed by atoms with van der Waals surface area (Å²) in [5, 5.41) is 22.6. The molecule has 4 aromatic carbocycles. The number of aromatic carboxylic acids is 1. The van der Waals surface area contributed by atoms with Crippen LogP contribution in [0.25, 0.3) is 0 Å². The van der Waals surface area contributed by atoms with Crippen LogP contribution in [0.15, 0.2) is 96.6 Å². The molecule has 4 aliphatic rings. The molecule has 1 saturated carbocycles. The standard InChI is InChI=1S/C48H56ClN3O8S/c1-31(50(2)61(56,57)52(26-32-7-14-40(58-3)15-8-32)27-33-9-16-41(59-4)17-10-33)37-22-38(23-37)46(53)42-18-11-36(42)28-51-29-48(21-5-6-34-24-39(49)13-19-43(34)48)30-60-45-20-12-35(47(54)55)25-44(45)51/h7-10,12-17,19-20,22,24-25,31,36-37,42,46,53H,5-6,11,18,21,23,26-30H2,1-4H3,(H,54,55)/t31?,36-,37?,42+,46?,48-/m0/s1. The van der Waals surface area contributed by atoms with Crippen molar-refractivity contribution in [2.45, 2.75) is 76.1 Å². The number of rotatable bonds is 15. The summed E-state index contributed by atoms with van der Waals surface area (Å²) in [6.45, 7) is 4.08. The zero-order valence-electron chi connectivity index (χ0n) is 35.3. The number of anilines is 1. The zero-order chi connectivity index (χ0) is 43.1. The molecule has 61 heavy (non-hydrogen) atoms. The molecule has 0 amide bonds. The highest BCUT2D eigenvalue weighted by Crippen LogP contribution is 2.48. The highest BCUT2D eigenvalue weighted by molar-refractivity contribution is 7.86. The van der Waals surface area contributed by atoms with Crippen molar-refractivity contribution in [1.82, 2.24) is 8.61 Å². The molecule has 1 fully saturated rings. The maximum absolute atomic E-state index is 14.4. The van der Waals surface area contributed by atoms with Gasteiger partial charge in [0.15, 0.2) is 0 Å². The van der Waals surface area contributed by atoms with E-state index in [2.05, 4.69) is 23.1 Å². The third kappa shape index (κ3) is 8.75. The number of carbonyl (C=O) groups is 1. The van der Waals surface area contributed by atoms with Crippen LogP contribution in [-0.2, 0) is 35.1 Å². The molecule has 8 rings (SSSR count). The van der Waals surface area contributed by atoms with Gasteiger partial charge in [-0.05, 0) is 146 Å². The first-order valence-corrected chi connectivity index (χ1v) is 23.0.